The second kappa shape index (κ2) is 7.61. The van der Waals surface area contributed by atoms with Crippen molar-refractivity contribution < 1.29 is 14.0 Å². The molecule has 0 fully saturated rings. The summed E-state index contributed by atoms with van der Waals surface area (Å²) < 4.78 is 11.0. The number of halogens is 1. The second-order valence-electron chi connectivity index (χ2n) is 6.79. The van der Waals surface area contributed by atoms with Gasteiger partial charge in [-0.2, -0.15) is 0 Å². The number of rotatable bonds is 5. The molecule has 0 aliphatic heterocycles. The first-order valence-corrected chi connectivity index (χ1v) is 11.8. The van der Waals surface area contributed by atoms with Crippen LogP contribution in [0.2, 0.25) is 23.2 Å². The molecule has 0 aromatic carbocycles. The summed E-state index contributed by atoms with van der Waals surface area (Å²) in [6, 6.07) is 0. The number of thiocarbonyl (C=S) groups is 1. The van der Waals surface area contributed by atoms with Gasteiger partial charge in [-0.3, -0.25) is 0 Å². The van der Waals surface area contributed by atoms with Crippen LogP contribution in [0, 0.1) is 0 Å². The number of hydrogen-bond donors (Lipinski definition) is 1. The first kappa shape index (κ1) is 20.6. The van der Waals surface area contributed by atoms with Crippen molar-refractivity contribution in [1.82, 2.24) is 0 Å². The molecule has 1 heterocycles. The van der Waals surface area contributed by atoms with Crippen LogP contribution in [0.1, 0.15) is 38.1 Å². The predicted molar refractivity (Wildman–Crippen MR) is 105 cm³/mol. The molecule has 1 aromatic heterocycles. The van der Waals surface area contributed by atoms with Crippen LogP contribution >= 0.6 is 35.2 Å². The zero-order valence-electron chi connectivity index (χ0n) is 14.6. The van der Waals surface area contributed by atoms with Crippen molar-refractivity contribution >= 4 is 59.4 Å². The minimum atomic E-state index is -1.93. The van der Waals surface area contributed by atoms with Crippen LogP contribution in [0.3, 0.4) is 0 Å². The van der Waals surface area contributed by atoms with Crippen LogP contribution in [0.4, 0.5) is 5.00 Å². The molecule has 4 nitrogen and oxygen atoms in total. The lowest BCUT2D eigenvalue weighted by Gasteiger charge is -2.38. The molecule has 1 N–H and O–H groups in total. The Morgan fingerprint density at radius 3 is 2.48 bits per heavy atom. The van der Waals surface area contributed by atoms with Gasteiger partial charge in [0.1, 0.15) is 15.6 Å². The quantitative estimate of drug-likeness (QED) is 0.415. The molecule has 0 aliphatic carbocycles. The van der Waals surface area contributed by atoms with E-state index in [1.165, 1.54) is 18.4 Å². The summed E-state index contributed by atoms with van der Waals surface area (Å²) in [4.78, 5) is 12.3. The largest absolute Gasteiger partial charge is 0.465 e. The predicted octanol–water partition coefficient (Wildman–Crippen LogP) is 5.34. The molecule has 0 bridgehead atoms. The van der Waals surface area contributed by atoms with Crippen LogP contribution in [0.15, 0.2) is 5.38 Å². The van der Waals surface area contributed by atoms with E-state index in [-0.39, 0.29) is 11.1 Å². The molecule has 0 saturated carbocycles. The number of carbonyl (C=O) groups is 1. The number of anilines is 1. The van der Waals surface area contributed by atoms with E-state index < -0.39 is 14.3 Å². The monoisotopic (exact) mass is 393 g/mol. The molecule has 0 unspecified atom stereocenters. The van der Waals surface area contributed by atoms with Crippen molar-refractivity contribution in [3.05, 3.63) is 16.0 Å². The Morgan fingerprint density at radius 1 is 1.43 bits per heavy atom. The first-order valence-electron chi connectivity index (χ1n) is 7.24. The van der Waals surface area contributed by atoms with Gasteiger partial charge in [0.2, 0.25) is 0 Å². The smallest absolute Gasteiger partial charge is 0.342 e. The summed E-state index contributed by atoms with van der Waals surface area (Å²) in [6.45, 7) is 12.8. The Morgan fingerprint density at radius 2 is 2.00 bits per heavy atom. The van der Waals surface area contributed by atoms with Gasteiger partial charge in [0, 0.05) is 5.38 Å². The summed E-state index contributed by atoms with van der Waals surface area (Å²) in [6.07, 6.45) is -0.253. The second-order valence-corrected chi connectivity index (χ2v) is 13.3. The van der Waals surface area contributed by atoms with Crippen molar-refractivity contribution in [2.75, 3.05) is 12.4 Å². The van der Waals surface area contributed by atoms with Crippen molar-refractivity contribution in [1.29, 1.82) is 0 Å². The van der Waals surface area contributed by atoms with Gasteiger partial charge in [0.15, 0.2) is 8.32 Å². The molecule has 1 atom stereocenters. The zero-order valence-corrected chi connectivity index (χ0v) is 18.0. The van der Waals surface area contributed by atoms with Crippen molar-refractivity contribution in [3.8, 4) is 0 Å². The van der Waals surface area contributed by atoms with Gasteiger partial charge >= 0.3 is 5.97 Å². The van der Waals surface area contributed by atoms with Crippen LogP contribution in [-0.2, 0) is 9.16 Å². The normalized spacial score (nSPS) is 13.6. The minimum Gasteiger partial charge on any atom is -0.465 e. The van der Waals surface area contributed by atoms with E-state index in [0.717, 1.165) is 0 Å². The molecule has 1 rings (SSSR count). The maximum atomic E-state index is 11.8. The molecule has 0 amide bonds. The highest BCUT2D eigenvalue weighted by molar-refractivity contribution is 7.80. The first-order chi connectivity index (χ1) is 10.4. The van der Waals surface area contributed by atoms with Crippen LogP contribution in [-0.4, -0.2) is 32.5 Å². The Hall–Kier alpha value is -0.473. The van der Waals surface area contributed by atoms with Crippen LogP contribution < -0.4 is 5.32 Å². The Labute approximate surface area is 153 Å². The number of thiophene rings is 1. The van der Waals surface area contributed by atoms with Gasteiger partial charge in [0.05, 0.1) is 18.2 Å². The minimum absolute atomic E-state index is 0.0975. The van der Waals surface area contributed by atoms with E-state index in [1.54, 1.807) is 5.38 Å². The topological polar surface area (TPSA) is 47.6 Å². The summed E-state index contributed by atoms with van der Waals surface area (Å²) in [5, 5.41) is 5.79. The van der Waals surface area contributed by atoms with E-state index in [1.807, 2.05) is 6.92 Å². The highest BCUT2D eigenvalue weighted by atomic mass is 35.5. The van der Waals surface area contributed by atoms with Gasteiger partial charge in [-0.25, -0.2) is 4.79 Å². The summed E-state index contributed by atoms with van der Waals surface area (Å²) in [7, 11) is -0.606. The fraction of sp³-hybridized carbons (Fsp3) is 0.600. The van der Waals surface area contributed by atoms with Gasteiger partial charge in [-0.1, -0.05) is 44.6 Å². The Balaban J connectivity index is 2.87. The maximum absolute atomic E-state index is 11.8. The zero-order chi connectivity index (χ0) is 18.0. The van der Waals surface area contributed by atoms with Crippen molar-refractivity contribution in [2.45, 2.75) is 51.9 Å². The number of esters is 1. The third-order valence-electron chi connectivity index (χ3n) is 4.02. The van der Waals surface area contributed by atoms with E-state index in [9.17, 15) is 4.79 Å². The summed E-state index contributed by atoms with van der Waals surface area (Å²) in [5.41, 5.74) is 0.307. The lowest BCUT2D eigenvalue weighted by molar-refractivity contribution is 0.0602. The lowest BCUT2D eigenvalue weighted by Crippen LogP contribution is -2.45. The SMILES string of the molecule is COC(=O)c1c(Cl)csc1NC(=S)[C@H](C)O[Si](C)(C)C(C)(C)C. The standard InChI is InChI=1S/C15H24ClNO3S2Si/c1-9(20-23(6,7)15(2,3)4)12(21)17-13-11(14(18)19-5)10(16)8-22-13/h8-9H,1-7H3,(H,17,21)/t9-/m0/s1. The third-order valence-corrected chi connectivity index (χ3v) is 10.3. The average Bonchev–Trinajstić information content (AvgIpc) is 2.77. The van der Waals surface area contributed by atoms with E-state index >= 15 is 0 Å². The number of methoxy groups -OCH3 is 1. The van der Waals surface area contributed by atoms with E-state index in [4.69, 9.17) is 33.0 Å². The molecule has 130 valence electrons. The fourth-order valence-corrected chi connectivity index (χ4v) is 4.44. The van der Waals surface area contributed by atoms with Crippen molar-refractivity contribution in [3.63, 3.8) is 0 Å². The number of carbonyl (C=O) groups excluding carboxylic acids is 1. The molecule has 0 saturated heterocycles. The third kappa shape index (κ3) is 5.00. The van der Waals surface area contributed by atoms with Gasteiger partial charge < -0.3 is 14.5 Å². The maximum Gasteiger partial charge on any atom is 0.342 e. The average molecular weight is 394 g/mol. The summed E-state index contributed by atoms with van der Waals surface area (Å²) in [5.74, 6) is -0.487. The van der Waals surface area contributed by atoms with Crippen molar-refractivity contribution in [2.24, 2.45) is 0 Å². The molecule has 8 heteroatoms. The van der Waals surface area contributed by atoms with Gasteiger partial charge in [0.25, 0.3) is 0 Å². The van der Waals surface area contributed by atoms with E-state index in [0.29, 0.717) is 20.6 Å². The molecule has 0 aliphatic rings. The molecular weight excluding hydrogens is 370 g/mol. The van der Waals surface area contributed by atoms with Crippen LogP contribution in [0.25, 0.3) is 0 Å². The lowest BCUT2D eigenvalue weighted by atomic mass is 10.2. The van der Waals surface area contributed by atoms with Gasteiger partial charge in [-0.05, 0) is 25.1 Å². The number of ether oxygens (including phenoxy) is 1. The number of hydrogen-bond acceptors (Lipinski definition) is 5. The molecule has 0 radical (unpaired) electrons. The Bertz CT molecular complexity index is 596. The molecule has 1 aromatic rings. The molecular formula is C15H24ClNO3S2Si. The molecule has 23 heavy (non-hydrogen) atoms. The molecule has 0 spiro atoms. The number of nitrogens with one attached hydrogen (secondary N) is 1. The summed E-state index contributed by atoms with van der Waals surface area (Å²) >= 11 is 12.8. The highest BCUT2D eigenvalue weighted by Crippen LogP contribution is 2.38. The Kier molecular flexibility index (Phi) is 6.81. The van der Waals surface area contributed by atoms with Gasteiger partial charge in [-0.15, -0.1) is 11.3 Å². The highest BCUT2D eigenvalue weighted by Gasteiger charge is 2.39. The van der Waals surface area contributed by atoms with E-state index in [2.05, 4.69) is 39.2 Å². The van der Waals surface area contributed by atoms with Crippen LogP contribution in [0.5, 0.6) is 0 Å². The fourth-order valence-electron chi connectivity index (χ4n) is 1.61.